The molecule has 6 heteroatoms. The Bertz CT molecular complexity index is 545. The highest BCUT2D eigenvalue weighted by Gasteiger charge is 2.32. The van der Waals surface area contributed by atoms with E-state index in [-0.39, 0.29) is 5.92 Å². The fourth-order valence-electron chi connectivity index (χ4n) is 2.16. The normalized spacial score (nSPS) is 21.4. The van der Waals surface area contributed by atoms with Gasteiger partial charge in [0.1, 0.15) is 0 Å². The molecule has 0 aliphatic carbocycles. The van der Waals surface area contributed by atoms with E-state index in [4.69, 9.17) is 5.73 Å². The summed E-state index contributed by atoms with van der Waals surface area (Å²) in [4.78, 5) is 0.347. The van der Waals surface area contributed by atoms with Crippen molar-refractivity contribution in [2.24, 2.45) is 11.7 Å². The predicted octanol–water partition coefficient (Wildman–Crippen LogP) is 1.73. The second-order valence-electron chi connectivity index (χ2n) is 4.69. The van der Waals surface area contributed by atoms with Crippen LogP contribution in [0.25, 0.3) is 0 Å². The highest BCUT2D eigenvalue weighted by molar-refractivity contribution is 9.10. The van der Waals surface area contributed by atoms with E-state index in [0.29, 0.717) is 29.0 Å². The summed E-state index contributed by atoms with van der Waals surface area (Å²) in [5.41, 5.74) is 6.54. The first-order valence-corrected chi connectivity index (χ1v) is 8.15. The second-order valence-corrected chi connectivity index (χ2v) is 7.45. The SMILES string of the molecule is Cc1ccc(Br)c(S(=O)(=O)N2CCC(CN)C2)c1. The molecule has 0 amide bonds. The minimum Gasteiger partial charge on any atom is -0.330 e. The molecule has 0 aromatic heterocycles. The molecule has 2 rings (SSSR count). The van der Waals surface area contributed by atoms with Crippen LogP contribution in [0.2, 0.25) is 0 Å². The summed E-state index contributed by atoms with van der Waals surface area (Å²) in [5.74, 6) is 0.281. The van der Waals surface area contributed by atoms with Gasteiger partial charge in [-0.1, -0.05) is 6.07 Å². The molecule has 0 bridgehead atoms. The van der Waals surface area contributed by atoms with E-state index < -0.39 is 10.0 Å². The van der Waals surface area contributed by atoms with E-state index in [0.717, 1.165) is 12.0 Å². The second kappa shape index (κ2) is 5.28. The molecule has 1 aliphatic rings. The standard InChI is InChI=1S/C12H17BrN2O2S/c1-9-2-3-11(13)12(6-9)18(16,17)15-5-4-10(7-14)8-15/h2-3,6,10H,4-5,7-8,14H2,1H3. The third-order valence-corrected chi connectivity index (χ3v) is 6.15. The van der Waals surface area contributed by atoms with Gasteiger partial charge in [0.25, 0.3) is 0 Å². The van der Waals surface area contributed by atoms with Crippen LogP contribution in [-0.4, -0.2) is 32.4 Å². The average Bonchev–Trinajstić information content (AvgIpc) is 2.81. The Balaban J connectivity index is 2.34. The molecule has 1 aromatic carbocycles. The summed E-state index contributed by atoms with van der Waals surface area (Å²) in [5, 5.41) is 0. The van der Waals surface area contributed by atoms with E-state index in [1.54, 1.807) is 12.1 Å². The lowest BCUT2D eigenvalue weighted by atomic mass is 10.1. The topological polar surface area (TPSA) is 63.4 Å². The van der Waals surface area contributed by atoms with Crippen LogP contribution in [0.5, 0.6) is 0 Å². The van der Waals surface area contributed by atoms with Crippen molar-refractivity contribution in [2.75, 3.05) is 19.6 Å². The molecule has 1 fully saturated rings. The zero-order valence-corrected chi connectivity index (χ0v) is 12.7. The van der Waals surface area contributed by atoms with Gasteiger partial charge in [0.05, 0.1) is 4.90 Å². The molecule has 100 valence electrons. The van der Waals surface area contributed by atoms with E-state index in [1.165, 1.54) is 4.31 Å². The van der Waals surface area contributed by atoms with Crippen molar-refractivity contribution in [1.29, 1.82) is 0 Å². The van der Waals surface area contributed by atoms with Crippen molar-refractivity contribution in [3.63, 3.8) is 0 Å². The Morgan fingerprint density at radius 3 is 2.83 bits per heavy atom. The van der Waals surface area contributed by atoms with Crippen LogP contribution in [0.3, 0.4) is 0 Å². The lowest BCUT2D eigenvalue weighted by molar-refractivity contribution is 0.458. The molecule has 0 saturated carbocycles. The van der Waals surface area contributed by atoms with Gasteiger partial charge in [0.2, 0.25) is 10.0 Å². The summed E-state index contributed by atoms with van der Waals surface area (Å²) in [7, 11) is -3.40. The van der Waals surface area contributed by atoms with Crippen molar-refractivity contribution < 1.29 is 8.42 Å². The molecule has 0 spiro atoms. The summed E-state index contributed by atoms with van der Waals surface area (Å²) in [6.07, 6.45) is 0.846. The Labute approximate surface area is 116 Å². The van der Waals surface area contributed by atoms with E-state index in [1.807, 2.05) is 13.0 Å². The van der Waals surface area contributed by atoms with Gasteiger partial charge in [0.15, 0.2) is 0 Å². The number of halogens is 1. The van der Waals surface area contributed by atoms with Crippen LogP contribution >= 0.6 is 15.9 Å². The highest BCUT2D eigenvalue weighted by atomic mass is 79.9. The number of hydrogen-bond acceptors (Lipinski definition) is 3. The molecule has 1 atom stereocenters. The van der Waals surface area contributed by atoms with Gasteiger partial charge in [0, 0.05) is 17.6 Å². The maximum absolute atomic E-state index is 12.5. The summed E-state index contributed by atoms with van der Waals surface area (Å²) >= 11 is 3.32. The first kappa shape index (κ1) is 14.0. The number of nitrogens with zero attached hydrogens (tertiary/aromatic N) is 1. The van der Waals surface area contributed by atoms with Gasteiger partial charge >= 0.3 is 0 Å². The Hall–Kier alpha value is -0.430. The third kappa shape index (κ3) is 2.61. The number of aryl methyl sites for hydroxylation is 1. The van der Waals surface area contributed by atoms with Gasteiger partial charge in [-0.2, -0.15) is 4.31 Å². The Morgan fingerprint density at radius 1 is 1.50 bits per heavy atom. The molecule has 1 aliphatic heterocycles. The maximum atomic E-state index is 12.5. The summed E-state index contributed by atoms with van der Waals surface area (Å²) in [6.45, 7) is 3.52. The number of hydrogen-bond donors (Lipinski definition) is 1. The van der Waals surface area contributed by atoms with Gasteiger partial charge in [-0.15, -0.1) is 0 Å². The molecule has 1 saturated heterocycles. The lowest BCUT2D eigenvalue weighted by Gasteiger charge is -2.17. The smallest absolute Gasteiger partial charge is 0.244 e. The van der Waals surface area contributed by atoms with Crippen molar-refractivity contribution in [2.45, 2.75) is 18.2 Å². The summed E-state index contributed by atoms with van der Waals surface area (Å²) < 4.78 is 27.2. The molecule has 1 aromatic rings. The largest absolute Gasteiger partial charge is 0.330 e. The van der Waals surface area contributed by atoms with Crippen LogP contribution in [0.4, 0.5) is 0 Å². The minimum atomic E-state index is -3.40. The molecule has 2 N–H and O–H groups in total. The van der Waals surface area contributed by atoms with Crippen LogP contribution in [0.15, 0.2) is 27.6 Å². The quantitative estimate of drug-likeness (QED) is 0.916. The highest BCUT2D eigenvalue weighted by Crippen LogP contribution is 2.29. The van der Waals surface area contributed by atoms with Crippen molar-refractivity contribution in [3.8, 4) is 0 Å². The van der Waals surface area contributed by atoms with Crippen LogP contribution in [0.1, 0.15) is 12.0 Å². The van der Waals surface area contributed by atoms with Crippen LogP contribution in [-0.2, 0) is 10.0 Å². The number of benzene rings is 1. The fraction of sp³-hybridized carbons (Fsp3) is 0.500. The first-order valence-electron chi connectivity index (χ1n) is 5.91. The first-order chi connectivity index (χ1) is 8.45. The molecular weight excluding hydrogens is 316 g/mol. The zero-order chi connectivity index (χ0) is 13.3. The van der Waals surface area contributed by atoms with Gasteiger partial charge in [-0.25, -0.2) is 8.42 Å². The lowest BCUT2D eigenvalue weighted by Crippen LogP contribution is -2.30. The number of sulfonamides is 1. The third-order valence-electron chi connectivity index (χ3n) is 3.29. The van der Waals surface area contributed by atoms with Gasteiger partial charge < -0.3 is 5.73 Å². The minimum absolute atomic E-state index is 0.281. The fourth-order valence-corrected chi connectivity index (χ4v) is 4.70. The van der Waals surface area contributed by atoms with Crippen molar-refractivity contribution in [1.82, 2.24) is 4.31 Å². The molecular formula is C12H17BrN2O2S. The van der Waals surface area contributed by atoms with Crippen LogP contribution in [0, 0.1) is 12.8 Å². The van der Waals surface area contributed by atoms with Gasteiger partial charge in [-0.3, -0.25) is 0 Å². The number of nitrogens with two attached hydrogens (primary N) is 1. The van der Waals surface area contributed by atoms with Crippen molar-refractivity contribution >= 4 is 26.0 Å². The average molecular weight is 333 g/mol. The number of rotatable bonds is 3. The monoisotopic (exact) mass is 332 g/mol. The van der Waals surface area contributed by atoms with E-state index in [2.05, 4.69) is 15.9 Å². The van der Waals surface area contributed by atoms with Gasteiger partial charge in [-0.05, 0) is 59.4 Å². The predicted molar refractivity (Wildman–Crippen MR) is 74.8 cm³/mol. The zero-order valence-electron chi connectivity index (χ0n) is 10.3. The van der Waals surface area contributed by atoms with Crippen molar-refractivity contribution in [3.05, 3.63) is 28.2 Å². The Kier molecular flexibility index (Phi) is 4.11. The maximum Gasteiger partial charge on any atom is 0.244 e. The molecule has 18 heavy (non-hydrogen) atoms. The molecule has 1 heterocycles. The molecule has 1 unspecified atom stereocenters. The van der Waals surface area contributed by atoms with E-state index >= 15 is 0 Å². The summed E-state index contributed by atoms with van der Waals surface area (Å²) in [6, 6.07) is 5.36. The van der Waals surface area contributed by atoms with Crippen LogP contribution < -0.4 is 5.73 Å². The Morgan fingerprint density at radius 2 is 2.22 bits per heavy atom. The molecule has 0 radical (unpaired) electrons. The molecule has 4 nitrogen and oxygen atoms in total. The van der Waals surface area contributed by atoms with E-state index in [9.17, 15) is 8.42 Å².